The Morgan fingerprint density at radius 1 is 1.07 bits per heavy atom. The Balaban J connectivity index is 1.48. The van der Waals surface area contributed by atoms with E-state index in [0.717, 1.165) is 23.0 Å². The van der Waals surface area contributed by atoms with Crippen LogP contribution in [0.25, 0.3) is 10.9 Å². The first-order valence-electron chi connectivity index (χ1n) is 8.81. The van der Waals surface area contributed by atoms with Gasteiger partial charge in [-0.2, -0.15) is 0 Å². The lowest BCUT2D eigenvalue weighted by molar-refractivity contribution is 0.0474. The van der Waals surface area contributed by atoms with Gasteiger partial charge >= 0.3 is 5.97 Å². The molecule has 1 aliphatic heterocycles. The first kappa shape index (κ1) is 17.1. The van der Waals surface area contributed by atoms with Crippen molar-refractivity contribution in [2.75, 3.05) is 19.8 Å². The number of benzene rings is 2. The number of aryl methyl sites for hydroxylation is 1. The van der Waals surface area contributed by atoms with Gasteiger partial charge in [0.05, 0.1) is 18.8 Å². The van der Waals surface area contributed by atoms with Gasteiger partial charge in [0, 0.05) is 28.6 Å². The molecule has 0 unspecified atom stereocenters. The van der Waals surface area contributed by atoms with Crippen LogP contribution in [-0.4, -0.2) is 36.6 Å². The van der Waals surface area contributed by atoms with Gasteiger partial charge in [0.15, 0.2) is 18.1 Å². The van der Waals surface area contributed by atoms with Gasteiger partial charge in [0.25, 0.3) is 0 Å². The van der Waals surface area contributed by atoms with Crippen LogP contribution in [0.5, 0.6) is 11.5 Å². The van der Waals surface area contributed by atoms with Gasteiger partial charge in [-0.05, 0) is 31.2 Å². The van der Waals surface area contributed by atoms with E-state index in [-0.39, 0.29) is 12.4 Å². The number of H-pyrrole nitrogens is 1. The maximum absolute atomic E-state index is 12.6. The van der Waals surface area contributed by atoms with Gasteiger partial charge in [-0.25, -0.2) is 4.79 Å². The summed E-state index contributed by atoms with van der Waals surface area (Å²) < 4.78 is 16.4. The van der Waals surface area contributed by atoms with Crippen molar-refractivity contribution in [3.05, 3.63) is 59.3 Å². The van der Waals surface area contributed by atoms with Gasteiger partial charge in [-0.1, -0.05) is 18.2 Å². The number of rotatable bonds is 4. The summed E-state index contributed by atoms with van der Waals surface area (Å²) in [6.45, 7) is 2.62. The van der Waals surface area contributed by atoms with Crippen LogP contribution in [0.2, 0.25) is 0 Å². The number of esters is 1. The predicted octanol–water partition coefficient (Wildman–Crippen LogP) is 3.68. The molecule has 0 radical (unpaired) electrons. The van der Waals surface area contributed by atoms with E-state index in [2.05, 4.69) is 4.98 Å². The molecular formula is C21H19NO5. The molecule has 0 bridgehead atoms. The summed E-state index contributed by atoms with van der Waals surface area (Å²) in [6.07, 6.45) is 0.785. The monoisotopic (exact) mass is 365 g/mol. The number of hydrogen-bond donors (Lipinski definition) is 1. The smallest absolute Gasteiger partial charge is 0.338 e. The van der Waals surface area contributed by atoms with Crippen LogP contribution in [0.3, 0.4) is 0 Å². The highest BCUT2D eigenvalue weighted by Crippen LogP contribution is 2.30. The van der Waals surface area contributed by atoms with Crippen molar-refractivity contribution in [2.24, 2.45) is 0 Å². The molecule has 0 saturated carbocycles. The Kier molecular flexibility index (Phi) is 4.54. The van der Waals surface area contributed by atoms with Crippen molar-refractivity contribution in [2.45, 2.75) is 13.3 Å². The Bertz CT molecular complexity index is 1020. The van der Waals surface area contributed by atoms with E-state index in [9.17, 15) is 9.59 Å². The van der Waals surface area contributed by atoms with Crippen LogP contribution in [0.15, 0.2) is 42.5 Å². The summed E-state index contributed by atoms with van der Waals surface area (Å²) in [4.78, 5) is 28.1. The molecule has 6 nitrogen and oxygen atoms in total. The molecule has 2 aromatic carbocycles. The molecule has 0 saturated heterocycles. The number of carbonyl (C=O) groups is 2. The molecule has 138 valence electrons. The predicted molar refractivity (Wildman–Crippen MR) is 99.7 cm³/mol. The molecule has 1 aliphatic rings. The van der Waals surface area contributed by atoms with Crippen LogP contribution >= 0.6 is 0 Å². The third kappa shape index (κ3) is 3.38. The Morgan fingerprint density at radius 2 is 1.85 bits per heavy atom. The molecule has 0 atom stereocenters. The van der Waals surface area contributed by atoms with Crippen molar-refractivity contribution in [3.8, 4) is 11.5 Å². The van der Waals surface area contributed by atoms with Crippen molar-refractivity contribution in [3.63, 3.8) is 0 Å². The SMILES string of the molecule is Cc1[nH]c2ccccc2c1C(=O)COC(=O)c1ccc2c(c1)OCCCO2. The van der Waals surface area contributed by atoms with E-state index in [0.29, 0.717) is 35.8 Å². The molecular weight excluding hydrogens is 346 g/mol. The maximum atomic E-state index is 12.6. The van der Waals surface area contributed by atoms with Gasteiger partial charge in [0.2, 0.25) is 5.78 Å². The number of nitrogens with one attached hydrogen (secondary N) is 1. The molecule has 0 amide bonds. The number of aromatic nitrogens is 1. The summed E-state index contributed by atoms with van der Waals surface area (Å²) in [5.74, 6) is 0.305. The standard InChI is InChI=1S/C21H19NO5/c1-13-20(15-5-2-3-6-16(15)22-13)17(23)12-27-21(24)14-7-8-18-19(11-14)26-10-4-9-25-18/h2-3,5-8,11,22H,4,9-10,12H2,1H3. The minimum absolute atomic E-state index is 0.243. The number of ketones is 1. The lowest BCUT2D eigenvalue weighted by atomic mass is 10.1. The largest absolute Gasteiger partial charge is 0.490 e. The van der Waals surface area contributed by atoms with Crippen molar-refractivity contribution in [1.29, 1.82) is 0 Å². The first-order valence-corrected chi connectivity index (χ1v) is 8.81. The van der Waals surface area contributed by atoms with E-state index < -0.39 is 5.97 Å². The zero-order valence-electron chi connectivity index (χ0n) is 14.9. The Hall–Kier alpha value is -3.28. The second-order valence-electron chi connectivity index (χ2n) is 6.38. The first-order chi connectivity index (χ1) is 13.1. The Labute approximate surface area is 156 Å². The molecule has 0 spiro atoms. The number of ether oxygens (including phenoxy) is 3. The van der Waals surface area contributed by atoms with Gasteiger partial charge in [0.1, 0.15) is 0 Å². The van der Waals surface area contributed by atoms with E-state index in [1.807, 2.05) is 31.2 Å². The van der Waals surface area contributed by atoms with Crippen LogP contribution in [0.4, 0.5) is 0 Å². The van der Waals surface area contributed by atoms with E-state index in [4.69, 9.17) is 14.2 Å². The van der Waals surface area contributed by atoms with Crippen molar-refractivity contribution < 1.29 is 23.8 Å². The highest BCUT2D eigenvalue weighted by Gasteiger charge is 2.19. The van der Waals surface area contributed by atoms with Gasteiger partial charge in [-0.15, -0.1) is 0 Å². The molecule has 6 heteroatoms. The molecule has 2 heterocycles. The summed E-state index contributed by atoms with van der Waals surface area (Å²) in [5.41, 5.74) is 2.51. The molecule has 1 N–H and O–H groups in total. The zero-order valence-corrected chi connectivity index (χ0v) is 14.9. The molecule has 1 aromatic heterocycles. The van der Waals surface area contributed by atoms with E-state index in [1.54, 1.807) is 18.2 Å². The normalized spacial score (nSPS) is 13.2. The third-order valence-electron chi connectivity index (χ3n) is 4.49. The fourth-order valence-corrected chi connectivity index (χ4v) is 3.21. The number of hydrogen-bond acceptors (Lipinski definition) is 5. The number of aromatic amines is 1. The van der Waals surface area contributed by atoms with Crippen LogP contribution in [-0.2, 0) is 4.74 Å². The molecule has 3 aromatic rings. The van der Waals surface area contributed by atoms with Crippen molar-refractivity contribution >= 4 is 22.7 Å². The number of Topliss-reactive ketones (excluding diaryl/α,β-unsaturated/α-hetero) is 1. The molecule has 0 aliphatic carbocycles. The highest BCUT2D eigenvalue weighted by molar-refractivity contribution is 6.10. The Morgan fingerprint density at radius 3 is 2.70 bits per heavy atom. The average Bonchev–Trinajstić information content (AvgIpc) is 2.85. The summed E-state index contributed by atoms with van der Waals surface area (Å²) in [7, 11) is 0. The minimum atomic E-state index is -0.573. The quantitative estimate of drug-likeness (QED) is 0.564. The fourth-order valence-electron chi connectivity index (χ4n) is 3.21. The van der Waals surface area contributed by atoms with E-state index >= 15 is 0 Å². The van der Waals surface area contributed by atoms with Crippen LogP contribution in [0.1, 0.15) is 32.8 Å². The highest BCUT2D eigenvalue weighted by atomic mass is 16.5. The number of fused-ring (bicyclic) bond motifs is 2. The maximum Gasteiger partial charge on any atom is 0.338 e. The van der Waals surface area contributed by atoms with Gasteiger partial charge < -0.3 is 19.2 Å². The summed E-state index contributed by atoms with van der Waals surface area (Å²) in [6, 6.07) is 12.4. The fraction of sp³-hybridized carbons (Fsp3) is 0.238. The van der Waals surface area contributed by atoms with Gasteiger partial charge in [-0.3, -0.25) is 4.79 Å². The van der Waals surface area contributed by atoms with Crippen LogP contribution < -0.4 is 9.47 Å². The zero-order chi connectivity index (χ0) is 18.8. The van der Waals surface area contributed by atoms with Crippen molar-refractivity contribution in [1.82, 2.24) is 4.98 Å². The lowest BCUT2D eigenvalue weighted by Gasteiger charge is -2.09. The van der Waals surface area contributed by atoms with E-state index in [1.165, 1.54) is 0 Å². The number of para-hydroxylation sites is 1. The molecule has 27 heavy (non-hydrogen) atoms. The second kappa shape index (κ2) is 7.15. The summed E-state index contributed by atoms with van der Waals surface area (Å²) in [5, 5.41) is 0.826. The summed E-state index contributed by atoms with van der Waals surface area (Å²) >= 11 is 0. The third-order valence-corrected chi connectivity index (χ3v) is 4.49. The number of carbonyl (C=O) groups excluding carboxylic acids is 2. The van der Waals surface area contributed by atoms with Crippen LogP contribution in [0, 0.1) is 6.92 Å². The molecule has 4 rings (SSSR count). The lowest BCUT2D eigenvalue weighted by Crippen LogP contribution is -2.15. The topological polar surface area (TPSA) is 77.6 Å². The average molecular weight is 365 g/mol. The molecule has 0 fully saturated rings. The second-order valence-corrected chi connectivity index (χ2v) is 6.38. The minimum Gasteiger partial charge on any atom is -0.490 e.